The van der Waals surface area contributed by atoms with Crippen molar-refractivity contribution in [2.45, 2.75) is 25.4 Å². The summed E-state index contributed by atoms with van der Waals surface area (Å²) < 4.78 is 11.9. The third kappa shape index (κ3) is 2.85. The highest BCUT2D eigenvalue weighted by molar-refractivity contribution is 5.81. The van der Waals surface area contributed by atoms with Crippen LogP contribution in [0.25, 0.3) is 11.1 Å². The van der Waals surface area contributed by atoms with E-state index in [1.165, 1.54) is 4.57 Å². The molecule has 1 atom stereocenters. The molecule has 3 rings (SSSR count). The first-order valence-corrected chi connectivity index (χ1v) is 7.13. The first-order chi connectivity index (χ1) is 10.1. The van der Waals surface area contributed by atoms with Gasteiger partial charge in [-0.15, -0.1) is 0 Å². The Morgan fingerprint density at radius 3 is 3.10 bits per heavy atom. The molecule has 0 bridgehead atoms. The summed E-state index contributed by atoms with van der Waals surface area (Å²) in [5, 5.41) is 2.89. The van der Waals surface area contributed by atoms with E-state index in [4.69, 9.17) is 9.15 Å². The van der Waals surface area contributed by atoms with E-state index in [1.807, 2.05) is 12.1 Å². The van der Waals surface area contributed by atoms with Crippen LogP contribution in [0.4, 0.5) is 0 Å². The van der Waals surface area contributed by atoms with E-state index in [0.29, 0.717) is 25.2 Å². The smallest absolute Gasteiger partial charge is 0.408 e. The van der Waals surface area contributed by atoms with Crippen molar-refractivity contribution in [1.29, 1.82) is 0 Å². The van der Waals surface area contributed by atoms with Gasteiger partial charge in [0, 0.05) is 20.2 Å². The molecule has 6 heteroatoms. The molecule has 1 aliphatic heterocycles. The van der Waals surface area contributed by atoms with E-state index in [9.17, 15) is 9.59 Å². The number of hydrogen-bond donors (Lipinski definition) is 1. The zero-order valence-corrected chi connectivity index (χ0v) is 11.9. The number of carbonyl (C=O) groups is 1. The predicted octanol–water partition coefficient (Wildman–Crippen LogP) is 0.969. The molecule has 6 nitrogen and oxygen atoms in total. The minimum atomic E-state index is -0.367. The van der Waals surface area contributed by atoms with Crippen molar-refractivity contribution < 1.29 is 13.9 Å². The van der Waals surface area contributed by atoms with Crippen LogP contribution < -0.4 is 11.1 Å². The molecule has 21 heavy (non-hydrogen) atoms. The van der Waals surface area contributed by atoms with E-state index in [-0.39, 0.29) is 17.8 Å². The molecule has 0 radical (unpaired) electrons. The molecule has 1 saturated heterocycles. The van der Waals surface area contributed by atoms with Crippen LogP contribution in [0.15, 0.2) is 27.4 Å². The lowest BCUT2D eigenvalue weighted by molar-refractivity contribution is -0.129. The largest absolute Gasteiger partial charge is 0.419 e. The number of aryl methyl sites for hydroxylation is 1. The molecular formula is C15H18N2O4. The topological polar surface area (TPSA) is 73.5 Å². The van der Waals surface area contributed by atoms with Crippen LogP contribution >= 0.6 is 0 Å². The highest BCUT2D eigenvalue weighted by Crippen LogP contribution is 2.15. The van der Waals surface area contributed by atoms with Crippen molar-refractivity contribution >= 4 is 17.0 Å². The number of nitrogens with zero attached hydrogens (tertiary/aromatic N) is 1. The second-order valence-electron chi connectivity index (χ2n) is 5.27. The zero-order chi connectivity index (χ0) is 14.8. The van der Waals surface area contributed by atoms with Crippen LogP contribution in [0, 0.1) is 0 Å². The molecule has 0 spiro atoms. The van der Waals surface area contributed by atoms with E-state index < -0.39 is 0 Å². The Morgan fingerprint density at radius 2 is 2.33 bits per heavy atom. The molecule has 1 aromatic carbocycles. The number of amides is 1. The monoisotopic (exact) mass is 290 g/mol. The van der Waals surface area contributed by atoms with Gasteiger partial charge in [-0.1, -0.05) is 6.07 Å². The number of benzene rings is 1. The van der Waals surface area contributed by atoms with Crippen molar-refractivity contribution in [2.24, 2.45) is 7.05 Å². The van der Waals surface area contributed by atoms with Crippen LogP contribution in [0.3, 0.4) is 0 Å². The number of fused-ring (bicyclic) bond motifs is 1. The third-order valence-corrected chi connectivity index (χ3v) is 3.79. The van der Waals surface area contributed by atoms with Gasteiger partial charge < -0.3 is 14.5 Å². The summed E-state index contributed by atoms with van der Waals surface area (Å²) in [6.45, 7) is 1.22. The van der Waals surface area contributed by atoms with E-state index in [2.05, 4.69) is 5.32 Å². The van der Waals surface area contributed by atoms with Crippen LogP contribution in [0.1, 0.15) is 18.4 Å². The SMILES string of the molecule is Cn1c(=O)oc2ccc(CCNC(=O)C3CCCO3)cc21. The maximum absolute atomic E-state index is 11.8. The normalized spacial score (nSPS) is 18.2. The van der Waals surface area contributed by atoms with E-state index in [0.717, 1.165) is 23.9 Å². The van der Waals surface area contributed by atoms with Crippen LogP contribution in [-0.2, 0) is 23.0 Å². The molecule has 0 saturated carbocycles. The lowest BCUT2D eigenvalue weighted by Crippen LogP contribution is -2.35. The average Bonchev–Trinajstić information content (AvgIpc) is 3.09. The second kappa shape index (κ2) is 5.73. The van der Waals surface area contributed by atoms with Crippen molar-refractivity contribution in [3.05, 3.63) is 34.3 Å². The Morgan fingerprint density at radius 1 is 1.48 bits per heavy atom. The highest BCUT2D eigenvalue weighted by atomic mass is 16.5. The number of ether oxygens (including phenoxy) is 1. The molecule has 0 aliphatic carbocycles. The molecular weight excluding hydrogens is 272 g/mol. The summed E-state index contributed by atoms with van der Waals surface area (Å²) >= 11 is 0. The van der Waals surface area contributed by atoms with Gasteiger partial charge in [0.2, 0.25) is 5.91 Å². The summed E-state index contributed by atoms with van der Waals surface area (Å²) in [5.41, 5.74) is 2.39. The number of hydrogen-bond acceptors (Lipinski definition) is 4. The van der Waals surface area contributed by atoms with Crippen LogP contribution in [0.5, 0.6) is 0 Å². The van der Waals surface area contributed by atoms with Crippen molar-refractivity contribution in [1.82, 2.24) is 9.88 Å². The van der Waals surface area contributed by atoms with Crippen LogP contribution in [0.2, 0.25) is 0 Å². The highest BCUT2D eigenvalue weighted by Gasteiger charge is 2.22. The van der Waals surface area contributed by atoms with Gasteiger partial charge in [-0.3, -0.25) is 9.36 Å². The summed E-state index contributed by atoms with van der Waals surface area (Å²) in [6.07, 6.45) is 2.16. The van der Waals surface area contributed by atoms with Gasteiger partial charge in [0.1, 0.15) is 6.10 Å². The van der Waals surface area contributed by atoms with Crippen LogP contribution in [-0.4, -0.2) is 29.7 Å². The fraction of sp³-hybridized carbons (Fsp3) is 0.467. The summed E-state index contributed by atoms with van der Waals surface area (Å²) in [6, 6.07) is 5.61. The minimum absolute atomic E-state index is 0.0377. The average molecular weight is 290 g/mol. The van der Waals surface area contributed by atoms with Gasteiger partial charge >= 0.3 is 5.76 Å². The molecule has 1 fully saturated rings. The van der Waals surface area contributed by atoms with Gasteiger partial charge in [-0.2, -0.15) is 0 Å². The van der Waals surface area contributed by atoms with Crippen molar-refractivity contribution in [3.63, 3.8) is 0 Å². The molecule has 1 N–H and O–H groups in total. The lowest BCUT2D eigenvalue weighted by atomic mass is 10.1. The van der Waals surface area contributed by atoms with Gasteiger partial charge in [0.15, 0.2) is 5.58 Å². The summed E-state index contributed by atoms with van der Waals surface area (Å²) in [4.78, 5) is 23.2. The predicted molar refractivity (Wildman–Crippen MR) is 77.1 cm³/mol. The van der Waals surface area contributed by atoms with E-state index >= 15 is 0 Å². The van der Waals surface area contributed by atoms with Gasteiger partial charge in [-0.05, 0) is 37.0 Å². The van der Waals surface area contributed by atoms with Gasteiger partial charge in [0.25, 0.3) is 0 Å². The molecule has 1 aliphatic rings. The van der Waals surface area contributed by atoms with Gasteiger partial charge in [-0.25, -0.2) is 4.79 Å². The Hall–Kier alpha value is -2.08. The molecule has 1 amide bonds. The summed E-state index contributed by atoms with van der Waals surface area (Å²) in [7, 11) is 1.68. The Balaban J connectivity index is 1.61. The fourth-order valence-electron chi connectivity index (χ4n) is 2.56. The number of aromatic nitrogens is 1. The quantitative estimate of drug-likeness (QED) is 0.910. The maximum atomic E-state index is 11.8. The maximum Gasteiger partial charge on any atom is 0.419 e. The number of rotatable bonds is 4. The number of oxazole rings is 1. The molecule has 112 valence electrons. The molecule has 1 unspecified atom stereocenters. The number of carbonyl (C=O) groups excluding carboxylic acids is 1. The Bertz CT molecular complexity index is 710. The summed E-state index contributed by atoms with van der Waals surface area (Å²) in [5.74, 6) is -0.405. The molecule has 2 aromatic rings. The number of nitrogens with one attached hydrogen (secondary N) is 1. The second-order valence-corrected chi connectivity index (χ2v) is 5.27. The zero-order valence-electron chi connectivity index (χ0n) is 11.9. The van der Waals surface area contributed by atoms with Crippen molar-refractivity contribution in [3.8, 4) is 0 Å². The molecule has 1 aromatic heterocycles. The first-order valence-electron chi connectivity index (χ1n) is 7.13. The van der Waals surface area contributed by atoms with E-state index in [1.54, 1.807) is 13.1 Å². The third-order valence-electron chi connectivity index (χ3n) is 3.79. The lowest BCUT2D eigenvalue weighted by Gasteiger charge is -2.10. The minimum Gasteiger partial charge on any atom is -0.408 e. The standard InChI is InChI=1S/C15H18N2O4/c1-17-11-9-10(4-5-12(11)21-15(17)19)6-7-16-14(18)13-3-2-8-20-13/h4-5,9,13H,2-3,6-8H2,1H3,(H,16,18). The Kier molecular flexibility index (Phi) is 3.79. The van der Waals surface area contributed by atoms with Crippen molar-refractivity contribution in [2.75, 3.05) is 13.2 Å². The van der Waals surface area contributed by atoms with Gasteiger partial charge in [0.05, 0.1) is 5.52 Å². The molecule has 2 heterocycles. The Labute approximate surface area is 121 Å². The fourth-order valence-corrected chi connectivity index (χ4v) is 2.56. The first kappa shape index (κ1) is 13.9.